The van der Waals surface area contributed by atoms with Crippen LogP contribution in [-0.4, -0.2) is 0 Å². The molecule has 1 heterocycles. The van der Waals surface area contributed by atoms with Crippen LogP contribution in [0.25, 0.3) is 53.6 Å². The van der Waals surface area contributed by atoms with Gasteiger partial charge in [-0.25, -0.2) is 0 Å². The maximum Gasteiger partial charge on any atom is 0.0720 e. The summed E-state index contributed by atoms with van der Waals surface area (Å²) < 4.78 is 2.65. The third kappa shape index (κ3) is 5.04. The van der Waals surface area contributed by atoms with E-state index < -0.39 is 5.41 Å². The van der Waals surface area contributed by atoms with E-state index in [1.807, 2.05) is 11.3 Å². The lowest BCUT2D eigenvalue weighted by Crippen LogP contribution is -2.40. The molecule has 1 spiro atoms. The number of rotatable bonds is 5. The average molecular weight is 784 g/mol. The van der Waals surface area contributed by atoms with Crippen LogP contribution in [-0.2, 0) is 10.8 Å². The molecule has 1 nitrogen and oxygen atoms in total. The van der Waals surface area contributed by atoms with E-state index in [9.17, 15) is 0 Å². The summed E-state index contributed by atoms with van der Waals surface area (Å²) in [5.74, 6) is 0. The van der Waals surface area contributed by atoms with Gasteiger partial charge in [-0.15, -0.1) is 11.3 Å². The van der Waals surface area contributed by atoms with Gasteiger partial charge in [0.05, 0.1) is 5.41 Å². The van der Waals surface area contributed by atoms with Crippen LogP contribution < -0.4 is 4.90 Å². The zero-order valence-electron chi connectivity index (χ0n) is 33.6. The van der Waals surface area contributed by atoms with Gasteiger partial charge in [-0.2, -0.15) is 0 Å². The highest BCUT2D eigenvalue weighted by Gasteiger charge is 2.53. The molecule has 0 unspecified atom stereocenters. The summed E-state index contributed by atoms with van der Waals surface area (Å²) >= 11 is 1.87. The molecule has 0 bridgehead atoms. The standard InChI is InChI=1S/C58H41NS/c1-57(2)50-19-9-11-21-52(50)58(53-22-12-10-20-51(53)57)49-18-8-6-16-45(49)46-35-33-44(37-54(46)58)59(42-29-24-39(25-30-42)38-14-4-3-5-15-38)43-31-26-40(27-32-43)41-28-34-48-47-17-7-13-23-55(47)60-56(48)36-41/h3-37H,1-2H3. The predicted molar refractivity (Wildman–Crippen MR) is 254 cm³/mol. The number of benzene rings is 9. The number of nitrogens with zero attached hydrogens (tertiary/aromatic N) is 1. The van der Waals surface area contributed by atoms with Crippen molar-refractivity contribution in [1.29, 1.82) is 0 Å². The Morgan fingerprint density at radius 1 is 0.333 bits per heavy atom. The van der Waals surface area contributed by atoms with E-state index in [1.54, 1.807) is 0 Å². The van der Waals surface area contributed by atoms with E-state index in [1.165, 1.54) is 86.9 Å². The highest BCUT2D eigenvalue weighted by atomic mass is 32.1. The monoisotopic (exact) mass is 783 g/mol. The molecular weight excluding hydrogens is 743 g/mol. The van der Waals surface area contributed by atoms with Crippen LogP contribution in [0.2, 0.25) is 0 Å². The Bertz CT molecular complexity index is 3230. The van der Waals surface area contributed by atoms with Crippen molar-refractivity contribution in [2.24, 2.45) is 0 Å². The first kappa shape index (κ1) is 35.0. The van der Waals surface area contributed by atoms with Gasteiger partial charge < -0.3 is 4.90 Å². The molecule has 0 saturated heterocycles. The van der Waals surface area contributed by atoms with Gasteiger partial charge in [-0.3, -0.25) is 0 Å². The van der Waals surface area contributed by atoms with Gasteiger partial charge in [0.25, 0.3) is 0 Å². The molecule has 0 radical (unpaired) electrons. The topological polar surface area (TPSA) is 3.24 Å². The van der Waals surface area contributed by atoms with Crippen LogP contribution in [0, 0.1) is 0 Å². The molecule has 60 heavy (non-hydrogen) atoms. The first-order chi connectivity index (χ1) is 29.5. The Morgan fingerprint density at radius 3 is 1.50 bits per heavy atom. The van der Waals surface area contributed by atoms with E-state index in [-0.39, 0.29) is 5.41 Å². The Hall–Kier alpha value is -7.00. The number of anilines is 3. The Labute approximate surface area is 355 Å². The summed E-state index contributed by atoms with van der Waals surface area (Å²) in [6.45, 7) is 4.78. The third-order valence-electron chi connectivity index (χ3n) is 13.4. The summed E-state index contributed by atoms with van der Waals surface area (Å²) in [5, 5.41) is 2.65. The molecule has 0 atom stereocenters. The summed E-state index contributed by atoms with van der Waals surface area (Å²) in [7, 11) is 0. The Balaban J connectivity index is 1.05. The lowest BCUT2D eigenvalue weighted by atomic mass is 9.55. The maximum absolute atomic E-state index is 2.50. The smallest absolute Gasteiger partial charge is 0.0720 e. The van der Waals surface area contributed by atoms with Gasteiger partial charge >= 0.3 is 0 Å². The number of thiophene rings is 1. The van der Waals surface area contributed by atoms with E-state index in [0.717, 1.165) is 17.1 Å². The fraction of sp³-hybridized carbons (Fsp3) is 0.0690. The Kier molecular flexibility index (Phi) is 7.73. The van der Waals surface area contributed by atoms with Crippen LogP contribution in [0.3, 0.4) is 0 Å². The number of hydrogen-bond acceptors (Lipinski definition) is 2. The van der Waals surface area contributed by atoms with Crippen LogP contribution >= 0.6 is 11.3 Å². The second-order valence-corrected chi connectivity index (χ2v) is 17.9. The van der Waals surface area contributed by atoms with E-state index >= 15 is 0 Å². The maximum atomic E-state index is 2.50. The van der Waals surface area contributed by atoms with Crippen molar-refractivity contribution in [3.8, 4) is 33.4 Å². The highest BCUT2D eigenvalue weighted by molar-refractivity contribution is 7.25. The normalized spacial score (nSPS) is 14.1. The molecule has 2 aliphatic rings. The molecule has 0 aliphatic heterocycles. The average Bonchev–Trinajstić information content (AvgIpc) is 3.82. The van der Waals surface area contributed by atoms with Gasteiger partial charge in [-0.05, 0) is 115 Å². The predicted octanol–water partition coefficient (Wildman–Crippen LogP) is 15.9. The zero-order chi connectivity index (χ0) is 40.0. The first-order valence-electron chi connectivity index (χ1n) is 20.9. The number of hydrogen-bond donors (Lipinski definition) is 0. The minimum Gasteiger partial charge on any atom is -0.310 e. The van der Waals surface area contributed by atoms with Crippen molar-refractivity contribution in [2.45, 2.75) is 24.7 Å². The SMILES string of the molecule is CC1(C)c2ccccc2C2(c3ccccc3-c3ccc(N(c4ccc(-c5ccccc5)cc4)c4ccc(-c5ccc6c(c5)sc5ccccc56)cc4)cc32)c2ccccc21. The van der Waals surface area contributed by atoms with Gasteiger partial charge in [-0.1, -0.05) is 178 Å². The number of fused-ring (bicyclic) bond motifs is 12. The molecule has 1 aromatic heterocycles. The minimum atomic E-state index is -0.470. The van der Waals surface area contributed by atoms with Crippen molar-refractivity contribution in [2.75, 3.05) is 4.90 Å². The van der Waals surface area contributed by atoms with Crippen molar-refractivity contribution < 1.29 is 0 Å². The third-order valence-corrected chi connectivity index (χ3v) is 14.5. The van der Waals surface area contributed by atoms with E-state index in [4.69, 9.17) is 0 Å². The van der Waals surface area contributed by atoms with Crippen molar-refractivity contribution in [3.05, 3.63) is 246 Å². The molecule has 284 valence electrons. The molecule has 2 heteroatoms. The Morgan fingerprint density at radius 2 is 0.817 bits per heavy atom. The second-order valence-electron chi connectivity index (χ2n) is 16.8. The summed E-state index contributed by atoms with van der Waals surface area (Å²) in [6, 6.07) is 79.2. The molecule has 10 aromatic rings. The first-order valence-corrected chi connectivity index (χ1v) is 21.7. The molecule has 12 rings (SSSR count). The molecule has 0 amide bonds. The van der Waals surface area contributed by atoms with E-state index in [0.29, 0.717) is 0 Å². The van der Waals surface area contributed by atoms with Crippen molar-refractivity contribution in [1.82, 2.24) is 0 Å². The summed E-state index contributed by atoms with van der Waals surface area (Å²) in [5.41, 5.74) is 18.4. The molecule has 0 fully saturated rings. The van der Waals surface area contributed by atoms with Crippen molar-refractivity contribution in [3.63, 3.8) is 0 Å². The second kappa shape index (κ2) is 13.3. The minimum absolute atomic E-state index is 0.149. The van der Waals surface area contributed by atoms with Gasteiger partial charge in [0.1, 0.15) is 0 Å². The molecule has 2 aliphatic carbocycles. The summed E-state index contributed by atoms with van der Waals surface area (Å²) in [6.07, 6.45) is 0. The van der Waals surface area contributed by atoms with Crippen LogP contribution in [0.5, 0.6) is 0 Å². The molecule has 0 N–H and O–H groups in total. The highest BCUT2D eigenvalue weighted by Crippen LogP contribution is 2.62. The quantitative estimate of drug-likeness (QED) is 0.168. The largest absolute Gasteiger partial charge is 0.310 e. The van der Waals surface area contributed by atoms with Crippen LogP contribution in [0.4, 0.5) is 17.1 Å². The zero-order valence-corrected chi connectivity index (χ0v) is 34.4. The van der Waals surface area contributed by atoms with Gasteiger partial charge in [0.15, 0.2) is 0 Å². The fourth-order valence-electron chi connectivity index (χ4n) is 10.6. The van der Waals surface area contributed by atoms with Crippen LogP contribution in [0.15, 0.2) is 212 Å². The van der Waals surface area contributed by atoms with E-state index in [2.05, 4.69) is 231 Å². The molecule has 0 saturated carbocycles. The van der Waals surface area contributed by atoms with Crippen LogP contribution in [0.1, 0.15) is 47.2 Å². The summed E-state index contributed by atoms with van der Waals surface area (Å²) in [4.78, 5) is 2.44. The lowest BCUT2D eigenvalue weighted by molar-refractivity contribution is 0.563. The molecular formula is C58H41NS. The van der Waals surface area contributed by atoms with Gasteiger partial charge in [0.2, 0.25) is 0 Å². The lowest BCUT2D eigenvalue weighted by Gasteiger charge is -2.46. The van der Waals surface area contributed by atoms with Gasteiger partial charge in [0, 0.05) is 42.6 Å². The fourth-order valence-corrected chi connectivity index (χ4v) is 11.7. The molecule has 9 aromatic carbocycles. The van der Waals surface area contributed by atoms with Crippen molar-refractivity contribution >= 4 is 48.6 Å².